The molecule has 0 fully saturated rings. The Balaban J connectivity index is 1.54. The van der Waals surface area contributed by atoms with Gasteiger partial charge in [0, 0.05) is 42.1 Å². The van der Waals surface area contributed by atoms with Gasteiger partial charge in [-0.2, -0.15) is 0 Å². The molecular formula is C28H28ClNO5. The van der Waals surface area contributed by atoms with Gasteiger partial charge in [-0.1, -0.05) is 41.9 Å². The van der Waals surface area contributed by atoms with E-state index in [1.165, 1.54) is 0 Å². The van der Waals surface area contributed by atoms with E-state index in [9.17, 15) is 14.7 Å². The van der Waals surface area contributed by atoms with E-state index in [0.29, 0.717) is 29.2 Å². The van der Waals surface area contributed by atoms with Gasteiger partial charge < -0.3 is 19.5 Å². The lowest BCUT2D eigenvalue weighted by atomic mass is 9.91. The van der Waals surface area contributed by atoms with Crippen LogP contribution >= 0.6 is 11.6 Å². The van der Waals surface area contributed by atoms with Gasteiger partial charge in [0.25, 0.3) is 5.91 Å². The molecule has 1 amide bonds. The summed E-state index contributed by atoms with van der Waals surface area (Å²) in [7, 11) is 1.57. The highest BCUT2D eigenvalue weighted by atomic mass is 35.5. The van der Waals surface area contributed by atoms with E-state index in [1.54, 1.807) is 18.1 Å². The van der Waals surface area contributed by atoms with Gasteiger partial charge in [-0.25, -0.2) is 0 Å². The maximum Gasteiger partial charge on any atom is 0.305 e. The summed E-state index contributed by atoms with van der Waals surface area (Å²) in [5, 5.41) is 9.91. The number of aliphatic carboxylic acids is 1. The molecule has 4 rings (SSSR count). The van der Waals surface area contributed by atoms with Crippen LogP contribution in [0.1, 0.15) is 40.4 Å². The number of carbonyl (C=O) groups is 2. The molecule has 0 saturated heterocycles. The third-order valence-corrected chi connectivity index (χ3v) is 6.41. The number of carbonyl (C=O) groups excluding carboxylic acids is 1. The van der Waals surface area contributed by atoms with Gasteiger partial charge in [-0.15, -0.1) is 0 Å². The summed E-state index contributed by atoms with van der Waals surface area (Å²) < 4.78 is 11.7. The Morgan fingerprint density at radius 3 is 2.57 bits per heavy atom. The number of carboxylic acid groups (broad SMARTS) is 1. The van der Waals surface area contributed by atoms with Crippen molar-refractivity contribution in [3.63, 3.8) is 0 Å². The Morgan fingerprint density at radius 1 is 1.11 bits per heavy atom. The maximum absolute atomic E-state index is 13.5. The highest BCUT2D eigenvalue weighted by Crippen LogP contribution is 2.38. The molecule has 0 aromatic heterocycles. The average molecular weight is 494 g/mol. The van der Waals surface area contributed by atoms with E-state index < -0.39 is 11.6 Å². The zero-order chi connectivity index (χ0) is 25.0. The Bertz CT molecular complexity index is 1230. The fourth-order valence-corrected chi connectivity index (χ4v) is 4.62. The minimum Gasteiger partial charge on any atom is -0.496 e. The molecule has 1 atom stereocenters. The van der Waals surface area contributed by atoms with E-state index in [2.05, 4.69) is 6.92 Å². The van der Waals surface area contributed by atoms with E-state index >= 15 is 0 Å². The predicted octanol–water partition coefficient (Wildman–Crippen LogP) is 5.40. The second-order valence-electron chi connectivity index (χ2n) is 9.04. The second-order valence-corrected chi connectivity index (χ2v) is 9.47. The topological polar surface area (TPSA) is 76.1 Å². The lowest BCUT2D eigenvalue weighted by molar-refractivity contribution is -0.137. The van der Waals surface area contributed by atoms with Crippen LogP contribution in [0.5, 0.6) is 11.5 Å². The van der Waals surface area contributed by atoms with Gasteiger partial charge in [-0.05, 0) is 54.4 Å². The van der Waals surface area contributed by atoms with Crippen LogP contribution < -0.4 is 9.47 Å². The molecule has 1 heterocycles. The molecule has 182 valence electrons. The molecule has 0 spiro atoms. The first-order valence-electron chi connectivity index (χ1n) is 11.5. The number of amides is 1. The summed E-state index contributed by atoms with van der Waals surface area (Å²) >= 11 is 6.01. The molecule has 0 bridgehead atoms. The number of carboxylic acids is 1. The first kappa shape index (κ1) is 24.6. The monoisotopic (exact) mass is 493 g/mol. The molecular weight excluding hydrogens is 466 g/mol. The molecule has 1 N–H and O–H groups in total. The van der Waals surface area contributed by atoms with Crippen molar-refractivity contribution < 1.29 is 24.2 Å². The molecule has 3 aromatic rings. The summed E-state index contributed by atoms with van der Waals surface area (Å²) in [5.41, 5.74) is 2.97. The Morgan fingerprint density at radius 2 is 1.86 bits per heavy atom. The number of methoxy groups -OCH3 is 1. The number of ether oxygens (including phenoxy) is 2. The maximum atomic E-state index is 13.5. The number of hydrogen-bond donors (Lipinski definition) is 1. The SMILES string of the molecule is COc1ccccc1CN(CCC(=O)O)C(=O)c1ccc2c(c1)CC(C)(Cc1ccc(Cl)cc1)O2. The van der Waals surface area contributed by atoms with Crippen molar-refractivity contribution in [1.29, 1.82) is 0 Å². The number of halogens is 1. The lowest BCUT2D eigenvalue weighted by Crippen LogP contribution is -2.33. The normalized spacial score (nSPS) is 16.3. The summed E-state index contributed by atoms with van der Waals surface area (Å²) in [6.45, 7) is 2.40. The number of hydrogen-bond acceptors (Lipinski definition) is 4. The summed E-state index contributed by atoms with van der Waals surface area (Å²) in [5.74, 6) is 0.232. The molecule has 0 saturated carbocycles. The Labute approximate surface area is 210 Å². The average Bonchev–Trinajstić information content (AvgIpc) is 3.17. The summed E-state index contributed by atoms with van der Waals surface area (Å²) in [6.07, 6.45) is 1.22. The standard InChI is InChI=1S/C28H28ClNO5/c1-28(16-19-7-10-23(29)11-8-19)17-22-15-20(9-12-25(22)35-28)27(33)30(14-13-26(31)32)18-21-5-3-4-6-24(21)34-2/h3-12,15H,13-14,16-18H2,1-2H3,(H,31,32). The third-order valence-electron chi connectivity index (χ3n) is 6.16. The number of benzene rings is 3. The summed E-state index contributed by atoms with van der Waals surface area (Å²) in [6, 6.07) is 20.6. The van der Waals surface area contributed by atoms with Crippen molar-refractivity contribution in [2.45, 2.75) is 38.3 Å². The molecule has 1 aliphatic rings. The lowest BCUT2D eigenvalue weighted by Gasteiger charge is -2.24. The Hall–Kier alpha value is -3.51. The molecule has 6 nitrogen and oxygen atoms in total. The van der Waals surface area contributed by atoms with Gasteiger partial charge in [0.05, 0.1) is 13.5 Å². The largest absolute Gasteiger partial charge is 0.496 e. The van der Waals surface area contributed by atoms with E-state index in [4.69, 9.17) is 21.1 Å². The highest BCUT2D eigenvalue weighted by Gasteiger charge is 2.35. The van der Waals surface area contributed by atoms with Crippen LogP contribution in [0, 0.1) is 0 Å². The van der Waals surface area contributed by atoms with Crippen molar-refractivity contribution >= 4 is 23.5 Å². The van der Waals surface area contributed by atoms with Crippen LogP contribution in [0.2, 0.25) is 5.02 Å². The molecule has 3 aromatic carbocycles. The van der Waals surface area contributed by atoms with Gasteiger partial charge >= 0.3 is 5.97 Å². The van der Waals surface area contributed by atoms with Crippen LogP contribution in [0.25, 0.3) is 0 Å². The second kappa shape index (κ2) is 10.4. The van der Waals surface area contributed by atoms with Crippen LogP contribution in [-0.2, 0) is 24.2 Å². The number of para-hydroxylation sites is 1. The minimum absolute atomic E-state index is 0.0914. The van der Waals surface area contributed by atoms with Crippen LogP contribution in [0.3, 0.4) is 0 Å². The minimum atomic E-state index is -0.955. The van der Waals surface area contributed by atoms with E-state index in [-0.39, 0.29) is 25.4 Å². The van der Waals surface area contributed by atoms with Crippen molar-refractivity contribution in [2.24, 2.45) is 0 Å². The molecule has 1 aliphatic heterocycles. The van der Waals surface area contributed by atoms with E-state index in [1.807, 2.05) is 60.7 Å². The van der Waals surface area contributed by atoms with Crippen molar-refractivity contribution in [2.75, 3.05) is 13.7 Å². The van der Waals surface area contributed by atoms with Crippen molar-refractivity contribution in [3.05, 3.63) is 94.0 Å². The molecule has 0 radical (unpaired) electrons. The first-order chi connectivity index (χ1) is 16.8. The Kier molecular flexibility index (Phi) is 7.31. The number of nitrogens with zero attached hydrogens (tertiary/aromatic N) is 1. The molecule has 35 heavy (non-hydrogen) atoms. The highest BCUT2D eigenvalue weighted by molar-refractivity contribution is 6.30. The molecule has 7 heteroatoms. The van der Waals surface area contributed by atoms with Gasteiger partial charge in [0.15, 0.2) is 0 Å². The zero-order valence-electron chi connectivity index (χ0n) is 19.8. The molecule has 0 aliphatic carbocycles. The molecule has 1 unspecified atom stereocenters. The van der Waals surface area contributed by atoms with Gasteiger partial charge in [-0.3, -0.25) is 9.59 Å². The van der Waals surface area contributed by atoms with Gasteiger partial charge in [0.2, 0.25) is 0 Å². The zero-order valence-corrected chi connectivity index (χ0v) is 20.5. The fourth-order valence-electron chi connectivity index (χ4n) is 4.49. The number of rotatable bonds is 9. The van der Waals surface area contributed by atoms with Crippen LogP contribution in [0.4, 0.5) is 0 Å². The van der Waals surface area contributed by atoms with Gasteiger partial charge in [0.1, 0.15) is 17.1 Å². The smallest absolute Gasteiger partial charge is 0.305 e. The van der Waals surface area contributed by atoms with Crippen molar-refractivity contribution in [1.82, 2.24) is 4.90 Å². The van der Waals surface area contributed by atoms with Crippen LogP contribution in [-0.4, -0.2) is 41.1 Å². The quantitative estimate of drug-likeness (QED) is 0.432. The predicted molar refractivity (Wildman–Crippen MR) is 134 cm³/mol. The van der Waals surface area contributed by atoms with E-state index in [0.717, 1.165) is 22.4 Å². The van der Waals surface area contributed by atoms with Crippen LogP contribution in [0.15, 0.2) is 66.7 Å². The van der Waals surface area contributed by atoms with Crippen molar-refractivity contribution in [3.8, 4) is 11.5 Å². The first-order valence-corrected chi connectivity index (χ1v) is 11.8. The number of fused-ring (bicyclic) bond motifs is 1. The third kappa shape index (κ3) is 5.95. The fraction of sp³-hybridized carbons (Fsp3) is 0.286. The summed E-state index contributed by atoms with van der Waals surface area (Å²) in [4.78, 5) is 26.3.